The molecule has 0 N–H and O–H groups in total. The topological polar surface area (TPSA) is 101 Å². The SMILES string of the molecule is COc1ccnc(-c2[c-]ccc(C(=O)Cl)c2)c1.Cc1ccnc(-n2nc(C)c(C)c2C)c1.Cc1ccnc(-n2nc(C)c(C)c2C)c1.[Os+]. The molecule has 9 nitrogen and oxygen atoms in total. The van der Waals surface area contributed by atoms with Gasteiger partial charge in [0.05, 0.1) is 18.5 Å². The second-order valence-electron chi connectivity index (χ2n) is 11.1. The van der Waals surface area contributed by atoms with Crippen molar-refractivity contribution in [3.63, 3.8) is 0 Å². The van der Waals surface area contributed by atoms with Gasteiger partial charge in [0.15, 0.2) is 11.6 Å². The predicted molar refractivity (Wildman–Crippen MR) is 186 cm³/mol. The molecule has 0 amide bonds. The number of rotatable bonds is 5. The molecule has 0 unspecified atom stereocenters. The van der Waals surface area contributed by atoms with Gasteiger partial charge in [-0.25, -0.2) is 19.3 Å². The molecule has 0 aliphatic rings. The molecule has 6 rings (SSSR count). The molecule has 0 atom stereocenters. The van der Waals surface area contributed by atoms with Crippen LogP contribution >= 0.6 is 11.6 Å². The molecule has 11 heteroatoms. The molecular weight excluding hydrogens is 800 g/mol. The number of nitrogens with zero attached hydrogens (tertiary/aromatic N) is 7. The van der Waals surface area contributed by atoms with Crippen molar-refractivity contribution in [2.45, 2.75) is 55.4 Å². The van der Waals surface area contributed by atoms with Gasteiger partial charge in [-0.2, -0.15) is 10.2 Å². The van der Waals surface area contributed by atoms with E-state index in [1.807, 2.05) is 59.9 Å². The number of benzene rings is 1. The number of ether oxygens (including phenoxy) is 1. The average molecular weight is 839 g/mol. The van der Waals surface area contributed by atoms with Crippen LogP contribution in [0.3, 0.4) is 0 Å². The van der Waals surface area contributed by atoms with Crippen LogP contribution in [0.5, 0.6) is 5.75 Å². The van der Waals surface area contributed by atoms with Crippen LogP contribution in [0.25, 0.3) is 22.9 Å². The van der Waals surface area contributed by atoms with Crippen LogP contribution in [0.4, 0.5) is 0 Å². The van der Waals surface area contributed by atoms with Crippen LogP contribution < -0.4 is 4.74 Å². The minimum Gasteiger partial charge on any atom is -0.497 e. The van der Waals surface area contributed by atoms with Crippen molar-refractivity contribution in [2.75, 3.05) is 7.11 Å². The molecule has 48 heavy (non-hydrogen) atoms. The van der Waals surface area contributed by atoms with E-state index in [1.54, 1.807) is 43.6 Å². The second kappa shape index (κ2) is 17.1. The van der Waals surface area contributed by atoms with Crippen molar-refractivity contribution in [1.82, 2.24) is 34.5 Å². The van der Waals surface area contributed by atoms with Crippen LogP contribution in [0.2, 0.25) is 0 Å². The summed E-state index contributed by atoms with van der Waals surface area (Å²) in [6, 6.07) is 19.5. The Morgan fingerprint density at radius 2 is 1.21 bits per heavy atom. The average Bonchev–Trinajstić information content (AvgIpc) is 3.49. The zero-order valence-corrected chi connectivity index (χ0v) is 31.9. The number of aryl methyl sites for hydroxylation is 4. The normalized spacial score (nSPS) is 10.2. The summed E-state index contributed by atoms with van der Waals surface area (Å²) in [5.41, 5.74) is 11.1. The maximum Gasteiger partial charge on any atom is 1.00 e. The number of pyridine rings is 3. The number of hydrogen-bond acceptors (Lipinski definition) is 7. The third-order valence-corrected chi connectivity index (χ3v) is 8.03. The van der Waals surface area contributed by atoms with Crippen molar-refractivity contribution < 1.29 is 29.3 Å². The first-order chi connectivity index (χ1) is 22.4. The van der Waals surface area contributed by atoms with E-state index in [4.69, 9.17) is 16.3 Å². The van der Waals surface area contributed by atoms with Crippen LogP contribution in [0.15, 0.2) is 73.2 Å². The molecule has 0 fully saturated rings. The molecule has 6 aromatic rings. The third kappa shape index (κ3) is 9.31. The molecule has 0 saturated heterocycles. The van der Waals surface area contributed by atoms with Gasteiger partial charge in [0.1, 0.15) is 5.75 Å². The molecule has 249 valence electrons. The minimum absolute atomic E-state index is 0. The zero-order chi connectivity index (χ0) is 34.2. The maximum atomic E-state index is 11.1. The molecule has 5 heterocycles. The fourth-order valence-corrected chi connectivity index (χ4v) is 4.70. The Hall–Kier alpha value is -4.51. The Morgan fingerprint density at radius 1 is 0.708 bits per heavy atom. The largest absolute Gasteiger partial charge is 1.00 e. The van der Waals surface area contributed by atoms with E-state index in [9.17, 15) is 4.79 Å². The first-order valence-corrected chi connectivity index (χ1v) is 15.4. The van der Waals surface area contributed by atoms with Crippen molar-refractivity contribution in [3.8, 4) is 28.6 Å². The monoisotopic (exact) mass is 840 g/mol. The Labute approximate surface area is 300 Å². The van der Waals surface area contributed by atoms with Crippen LogP contribution in [-0.4, -0.2) is 46.9 Å². The van der Waals surface area contributed by atoms with E-state index in [0.717, 1.165) is 34.4 Å². The fourth-order valence-electron chi connectivity index (χ4n) is 4.58. The van der Waals surface area contributed by atoms with Gasteiger partial charge in [-0.1, -0.05) is 0 Å². The zero-order valence-electron chi connectivity index (χ0n) is 28.6. The Bertz CT molecular complexity index is 1930. The van der Waals surface area contributed by atoms with Gasteiger partial charge < -0.3 is 9.72 Å². The van der Waals surface area contributed by atoms with E-state index in [-0.39, 0.29) is 19.8 Å². The van der Waals surface area contributed by atoms with Crippen LogP contribution in [-0.2, 0) is 19.8 Å². The van der Waals surface area contributed by atoms with Crippen molar-refractivity contribution in [2.24, 2.45) is 0 Å². The van der Waals surface area contributed by atoms with Gasteiger partial charge in [-0.05, 0) is 137 Å². The first kappa shape index (κ1) is 37.9. The molecule has 1 radical (unpaired) electrons. The van der Waals surface area contributed by atoms with Gasteiger partial charge >= 0.3 is 19.8 Å². The maximum absolute atomic E-state index is 11.1. The summed E-state index contributed by atoms with van der Waals surface area (Å²) in [4.78, 5) is 23.9. The van der Waals surface area contributed by atoms with Crippen molar-refractivity contribution in [3.05, 3.63) is 130 Å². The van der Waals surface area contributed by atoms with E-state index in [0.29, 0.717) is 22.6 Å². The molecule has 1 aromatic carbocycles. The molecule has 0 saturated carbocycles. The number of methoxy groups -OCH3 is 1. The van der Waals surface area contributed by atoms with Crippen molar-refractivity contribution >= 4 is 16.8 Å². The summed E-state index contributed by atoms with van der Waals surface area (Å²) in [6.45, 7) is 16.5. The third-order valence-electron chi connectivity index (χ3n) is 7.81. The van der Waals surface area contributed by atoms with Gasteiger partial charge in [0.2, 0.25) is 5.24 Å². The predicted octanol–water partition coefficient (Wildman–Crippen LogP) is 7.94. The molecule has 0 aliphatic carbocycles. The number of halogens is 1. The first-order valence-electron chi connectivity index (χ1n) is 15.0. The quantitative estimate of drug-likeness (QED) is 0.129. The van der Waals surface area contributed by atoms with Gasteiger partial charge in [0.25, 0.3) is 0 Å². The van der Waals surface area contributed by atoms with Crippen LogP contribution in [0.1, 0.15) is 55.4 Å². The standard InChI is InChI=1S/C13H9ClNO2.2C12H15N3.Os/c1-17-11-5-6-15-12(8-11)9-3-2-4-10(7-9)13(14)16;2*1-8-5-6-13-12(7-8)15-11(4)9(2)10(3)14-15;/h2,4-8H,1H3;2*5-7H,1-4H3;/q-1;;;+1. The number of hydrogen-bond donors (Lipinski definition) is 0. The summed E-state index contributed by atoms with van der Waals surface area (Å²) in [5, 5.41) is 8.45. The number of carbonyl (C=O) groups is 1. The molecular formula is C37H39ClN7O2Os. The summed E-state index contributed by atoms with van der Waals surface area (Å²) in [6.07, 6.45) is 5.27. The summed E-state index contributed by atoms with van der Waals surface area (Å²) < 4.78 is 8.91. The van der Waals surface area contributed by atoms with Crippen LogP contribution in [0, 0.1) is 61.5 Å². The molecule has 0 bridgehead atoms. The fraction of sp³-hybridized carbons (Fsp3) is 0.243. The Morgan fingerprint density at radius 3 is 1.62 bits per heavy atom. The van der Waals surface area contributed by atoms with E-state index in [2.05, 4.69) is 72.8 Å². The van der Waals surface area contributed by atoms with E-state index in [1.165, 1.54) is 22.3 Å². The summed E-state index contributed by atoms with van der Waals surface area (Å²) >= 11 is 5.42. The van der Waals surface area contributed by atoms with E-state index >= 15 is 0 Å². The van der Waals surface area contributed by atoms with E-state index < -0.39 is 5.24 Å². The van der Waals surface area contributed by atoms with Gasteiger partial charge in [-0.15, -0.1) is 29.8 Å². The molecule has 0 spiro atoms. The van der Waals surface area contributed by atoms with Gasteiger partial charge in [-0.3, -0.25) is 4.79 Å². The Kier molecular flexibility index (Phi) is 13.5. The van der Waals surface area contributed by atoms with Crippen molar-refractivity contribution in [1.29, 1.82) is 0 Å². The number of carbonyl (C=O) groups excluding carboxylic acids is 1. The Balaban J connectivity index is 0.000000194. The molecule has 0 aliphatic heterocycles. The summed E-state index contributed by atoms with van der Waals surface area (Å²) in [5.74, 6) is 2.48. The minimum atomic E-state index is -0.497. The molecule has 5 aromatic heterocycles. The second-order valence-corrected chi connectivity index (χ2v) is 11.5. The summed E-state index contributed by atoms with van der Waals surface area (Å²) in [7, 11) is 1.58. The number of aromatic nitrogens is 7. The smallest absolute Gasteiger partial charge is 0.497 e. The van der Waals surface area contributed by atoms with Gasteiger partial charge in [0, 0.05) is 30.0 Å².